The number of carbonyl (C=O) groups is 13. The predicted molar refractivity (Wildman–Crippen MR) is 314 cm³/mol. The largest absolute Gasteiger partial charge is 0.481 e. The van der Waals surface area contributed by atoms with E-state index in [-0.39, 0.29) is 56.9 Å². The van der Waals surface area contributed by atoms with Crippen LogP contribution in [0.1, 0.15) is 174 Å². The van der Waals surface area contributed by atoms with Crippen molar-refractivity contribution in [1.29, 1.82) is 0 Å². The van der Waals surface area contributed by atoms with Crippen LogP contribution in [0.2, 0.25) is 0 Å². The molecule has 1 fully saturated rings. The van der Waals surface area contributed by atoms with Crippen molar-refractivity contribution in [3.63, 3.8) is 0 Å². The van der Waals surface area contributed by atoms with Gasteiger partial charge in [0.2, 0.25) is 59.1 Å². The highest BCUT2D eigenvalue weighted by Gasteiger charge is 2.41. The van der Waals surface area contributed by atoms with Gasteiger partial charge in [-0.3, -0.25) is 62.3 Å². The Balaban J connectivity index is 1.89. The Bertz CT molecular complexity index is 2470. The van der Waals surface area contributed by atoms with Crippen LogP contribution in [-0.2, 0) is 68.7 Å². The SMILES string of the molecule is CCCCCCCCCCCCCCCCCC(=O)NCCC(=O)N[C@H]1Cc2cccc(c2)SC[C@@H](C(N)=O)NC(=O)[C@H](CCC(=O)O)NC(=O)CNC(=O)[C@H]([C@H](C)O)NC(=O)[C@H](CCC(=O)O)NC(=O)[C@@H]2CCCN2C(=O)[C@H](CC(=O)O)NC1=O. The molecule has 14 N–H and O–H groups in total. The minimum absolute atomic E-state index is 0.0403. The Morgan fingerprint density at radius 3 is 1.80 bits per heavy atom. The molecule has 28 heteroatoms. The number of unbranched alkanes of at least 4 members (excludes halogenated alkanes) is 14. The normalized spacial score (nSPS) is 21.8. The average molecular weight is 1230 g/mol. The zero-order chi connectivity index (χ0) is 63.6. The molecule has 2 heterocycles. The highest BCUT2D eigenvalue weighted by Crippen LogP contribution is 2.23. The number of rotatable bonds is 30. The van der Waals surface area contributed by atoms with Crippen molar-refractivity contribution in [3.05, 3.63) is 29.8 Å². The number of amides is 10. The monoisotopic (exact) mass is 1230 g/mol. The van der Waals surface area contributed by atoms with E-state index in [4.69, 9.17) is 5.73 Å². The van der Waals surface area contributed by atoms with E-state index in [0.717, 1.165) is 49.3 Å². The van der Waals surface area contributed by atoms with Crippen molar-refractivity contribution < 1.29 is 82.8 Å². The van der Waals surface area contributed by atoms with E-state index >= 15 is 0 Å². The van der Waals surface area contributed by atoms with Gasteiger partial charge in [-0.25, -0.2) is 0 Å². The summed E-state index contributed by atoms with van der Waals surface area (Å²) in [4.78, 5) is 173. The van der Waals surface area contributed by atoms with E-state index in [9.17, 15) is 82.8 Å². The third kappa shape index (κ3) is 28.7. The molecule has 1 saturated heterocycles. The minimum atomic E-state index is -1.86. The molecule has 3 rings (SSSR count). The Morgan fingerprint density at radius 1 is 0.663 bits per heavy atom. The van der Waals surface area contributed by atoms with Gasteiger partial charge in [-0.15, -0.1) is 11.8 Å². The number of fused-ring (bicyclic) bond motifs is 3. The van der Waals surface area contributed by atoms with Crippen molar-refractivity contribution >= 4 is 88.7 Å². The number of carboxylic acids is 3. The summed E-state index contributed by atoms with van der Waals surface area (Å²) >= 11 is 1.01. The smallest absolute Gasteiger partial charge is 0.305 e. The number of thioether (sulfide) groups is 1. The summed E-state index contributed by atoms with van der Waals surface area (Å²) in [5, 5.41) is 58.7. The van der Waals surface area contributed by atoms with E-state index in [1.807, 2.05) is 0 Å². The fourth-order valence-electron chi connectivity index (χ4n) is 9.85. The average Bonchev–Trinajstić information content (AvgIpc) is 2.81. The summed E-state index contributed by atoms with van der Waals surface area (Å²) < 4.78 is 0. The minimum Gasteiger partial charge on any atom is -0.481 e. The van der Waals surface area contributed by atoms with Gasteiger partial charge in [-0.2, -0.15) is 0 Å². The summed E-state index contributed by atoms with van der Waals surface area (Å²) in [5.41, 5.74) is 6.06. The Labute approximate surface area is 505 Å². The highest BCUT2D eigenvalue weighted by atomic mass is 32.2. The highest BCUT2D eigenvalue weighted by molar-refractivity contribution is 7.99. The number of hydrogen-bond acceptors (Lipinski definition) is 15. The lowest BCUT2D eigenvalue weighted by atomic mass is 10.0. The van der Waals surface area contributed by atoms with E-state index < -0.39 is 158 Å². The third-order valence-electron chi connectivity index (χ3n) is 14.6. The second kappa shape index (κ2) is 40.1. The van der Waals surface area contributed by atoms with Crippen molar-refractivity contribution in [3.8, 4) is 0 Å². The van der Waals surface area contributed by atoms with Gasteiger partial charge in [0.15, 0.2) is 0 Å². The molecule has 86 heavy (non-hydrogen) atoms. The summed E-state index contributed by atoms with van der Waals surface area (Å²) in [6.45, 7) is 2.17. The second-order valence-electron chi connectivity index (χ2n) is 21.9. The Hall–Kier alpha value is -7.36. The van der Waals surface area contributed by atoms with E-state index in [0.29, 0.717) is 16.9 Å². The molecule has 2 bridgehead atoms. The number of primary amides is 1. The standard InChI is InChI=1S/C58H90N10O17S/c1-3-4-5-6-7-8-9-10-11-12-13-14-15-16-17-23-45(70)60-29-28-46(71)63-41-32-37-20-18-21-38(31-37)86-35-43(52(59)79)66-53(80)39(24-26-48(73)74)62-47(72)34-61-57(84)51(36(2)69)67-54(81)40(25-27-49(75)76)64-56(83)44-22-19-30-68(44)58(85)42(33-50(77)78)65-55(41)82/h18,20-21,31,36,39-44,51,69H,3-17,19,22-30,32-35H2,1-2H3,(H2,59,79)(H,60,70)(H,61,84)(H,62,72)(H,63,71)(H,64,83)(H,65,82)(H,66,80)(H,67,81)(H,73,74)(H,75,76)(H,77,78)/t36-,39-,40-,41-,42-,43-,44-,51-/m0/s1. The fourth-order valence-corrected chi connectivity index (χ4v) is 10.9. The molecule has 27 nitrogen and oxygen atoms in total. The molecule has 1 aromatic rings. The van der Waals surface area contributed by atoms with Crippen LogP contribution in [0.25, 0.3) is 0 Å². The first kappa shape index (κ1) is 72.9. The number of carbonyl (C=O) groups excluding carboxylic acids is 10. The van der Waals surface area contributed by atoms with Gasteiger partial charge < -0.3 is 73.6 Å². The van der Waals surface area contributed by atoms with Gasteiger partial charge >= 0.3 is 17.9 Å². The van der Waals surface area contributed by atoms with Crippen LogP contribution in [0.3, 0.4) is 0 Å². The summed E-state index contributed by atoms with van der Waals surface area (Å²) in [7, 11) is 0. The molecule has 0 saturated carbocycles. The van der Waals surface area contributed by atoms with Crippen LogP contribution in [0, 0.1) is 0 Å². The third-order valence-corrected chi connectivity index (χ3v) is 15.7. The van der Waals surface area contributed by atoms with E-state index in [1.54, 1.807) is 24.3 Å². The predicted octanol–water partition coefficient (Wildman–Crippen LogP) is 1.19. The number of carboxylic acid groups (broad SMARTS) is 3. The van der Waals surface area contributed by atoms with Crippen molar-refractivity contribution in [2.75, 3.05) is 25.4 Å². The van der Waals surface area contributed by atoms with Gasteiger partial charge in [0.1, 0.15) is 42.3 Å². The molecule has 2 aliphatic rings. The number of aliphatic hydroxyl groups excluding tert-OH is 1. The molecule has 0 aromatic heterocycles. The number of benzene rings is 1. The van der Waals surface area contributed by atoms with Crippen LogP contribution in [0.5, 0.6) is 0 Å². The van der Waals surface area contributed by atoms with Crippen molar-refractivity contribution in [2.24, 2.45) is 5.73 Å². The Kier molecular flexibility index (Phi) is 34.0. The number of hydrogen-bond donors (Lipinski definition) is 13. The molecule has 0 radical (unpaired) electrons. The number of aliphatic carboxylic acids is 3. The number of nitrogens with two attached hydrogens (primary N) is 1. The molecule has 2 aliphatic heterocycles. The maximum Gasteiger partial charge on any atom is 0.305 e. The van der Waals surface area contributed by atoms with Crippen molar-refractivity contribution in [1.82, 2.24) is 47.4 Å². The number of nitrogens with one attached hydrogen (secondary N) is 8. The van der Waals surface area contributed by atoms with Gasteiger partial charge in [-0.05, 0) is 56.7 Å². The molecule has 0 spiro atoms. The van der Waals surface area contributed by atoms with Gasteiger partial charge in [0.05, 0.1) is 19.1 Å². The lowest BCUT2D eigenvalue weighted by molar-refractivity contribution is -0.146. The molecule has 10 amide bonds. The fraction of sp³-hybridized carbons (Fsp3) is 0.672. The van der Waals surface area contributed by atoms with Crippen molar-refractivity contribution in [2.45, 2.75) is 228 Å². The van der Waals surface area contributed by atoms with Crippen LogP contribution < -0.4 is 48.3 Å². The summed E-state index contributed by atoms with van der Waals surface area (Å²) in [5.74, 6) is -14.0. The zero-order valence-electron chi connectivity index (χ0n) is 49.5. The molecule has 0 aliphatic carbocycles. The molecule has 8 atom stereocenters. The number of aliphatic hydroxyl groups is 1. The van der Waals surface area contributed by atoms with Gasteiger partial charge in [-0.1, -0.05) is 109 Å². The molecule has 480 valence electrons. The van der Waals surface area contributed by atoms with Gasteiger partial charge in [0.25, 0.3) is 0 Å². The first-order valence-corrected chi connectivity index (χ1v) is 31.0. The van der Waals surface area contributed by atoms with Crippen LogP contribution >= 0.6 is 11.8 Å². The van der Waals surface area contributed by atoms with Gasteiger partial charge in [0, 0.05) is 55.8 Å². The summed E-state index contributed by atoms with van der Waals surface area (Å²) in [6, 6.07) is -5.05. The zero-order valence-corrected chi connectivity index (χ0v) is 50.3. The first-order valence-electron chi connectivity index (χ1n) is 30.0. The van der Waals surface area contributed by atoms with Crippen LogP contribution in [0.4, 0.5) is 0 Å². The van der Waals surface area contributed by atoms with Crippen LogP contribution in [0.15, 0.2) is 29.2 Å². The van der Waals surface area contributed by atoms with Crippen LogP contribution in [-0.4, -0.2) is 176 Å². The lowest BCUT2D eigenvalue weighted by Gasteiger charge is -2.30. The Morgan fingerprint density at radius 2 is 1.23 bits per heavy atom. The first-order chi connectivity index (χ1) is 41.0. The molecular weight excluding hydrogens is 1140 g/mol. The van der Waals surface area contributed by atoms with E-state index in [1.165, 1.54) is 64.2 Å². The molecule has 0 unspecified atom stereocenters. The quantitative estimate of drug-likeness (QED) is 0.0481. The molecule has 1 aromatic carbocycles. The second-order valence-corrected chi connectivity index (χ2v) is 23.0. The maximum atomic E-state index is 14.4. The van der Waals surface area contributed by atoms with E-state index in [2.05, 4.69) is 49.5 Å². The summed E-state index contributed by atoms with van der Waals surface area (Å²) in [6.07, 6.45) is 12.3. The molecular formula is C58H90N10O17S. The maximum absolute atomic E-state index is 14.4. The topological polar surface area (TPSA) is 428 Å². The number of nitrogens with zero attached hydrogens (tertiary/aromatic N) is 1. The lowest BCUT2D eigenvalue weighted by Crippen LogP contribution is -2.60.